The molecule has 0 aliphatic heterocycles. The molecule has 0 N–H and O–H groups in total. The van der Waals surface area contributed by atoms with Crippen LogP contribution in [0.25, 0.3) is 0 Å². The van der Waals surface area contributed by atoms with Crippen LogP contribution in [-0.2, 0) is 6.54 Å². The van der Waals surface area contributed by atoms with Gasteiger partial charge in [-0.3, -0.25) is 14.7 Å². The molecule has 4 heteroatoms. The molecule has 0 saturated carbocycles. The maximum absolute atomic E-state index is 12.4. The number of hydrogen-bond acceptors (Lipinski definition) is 4. The van der Waals surface area contributed by atoms with Crippen LogP contribution in [0.1, 0.15) is 23.0 Å². The number of nitrogens with zero attached hydrogens (tertiary/aromatic N) is 2. The minimum Gasteiger partial charge on any atom is -0.497 e. The van der Waals surface area contributed by atoms with Crippen molar-refractivity contribution in [3.63, 3.8) is 0 Å². The summed E-state index contributed by atoms with van der Waals surface area (Å²) in [5.41, 5.74) is 1.65. The molecule has 1 aromatic carbocycles. The fourth-order valence-electron chi connectivity index (χ4n) is 2.09. The molecule has 2 rings (SSSR count). The van der Waals surface area contributed by atoms with Gasteiger partial charge in [0.05, 0.1) is 19.3 Å². The lowest BCUT2D eigenvalue weighted by Crippen LogP contribution is -2.29. The smallest absolute Gasteiger partial charge is 0.176 e. The maximum atomic E-state index is 12.4. The molecule has 0 saturated heterocycles. The molecule has 1 heterocycles. The van der Waals surface area contributed by atoms with Gasteiger partial charge in [0.15, 0.2) is 5.78 Å². The number of ether oxygens (including phenoxy) is 1. The first-order valence-electron chi connectivity index (χ1n) is 7.02. The van der Waals surface area contributed by atoms with Gasteiger partial charge in [0, 0.05) is 18.3 Å². The molecule has 1 aromatic heterocycles. The highest BCUT2D eigenvalue weighted by molar-refractivity contribution is 5.97. The van der Waals surface area contributed by atoms with Crippen LogP contribution in [0.3, 0.4) is 0 Å². The van der Waals surface area contributed by atoms with Crippen molar-refractivity contribution in [2.75, 3.05) is 20.2 Å². The van der Waals surface area contributed by atoms with Gasteiger partial charge in [-0.1, -0.05) is 25.1 Å². The standard InChI is InChI=1S/C17H20N2O2/c1-3-19(12-15-8-4-5-10-18-15)13-17(20)14-7-6-9-16(11-14)21-2/h4-11H,3,12-13H2,1-2H3. The molecule has 0 atom stereocenters. The number of carbonyl (C=O) groups excluding carboxylic acids is 1. The molecule has 0 radical (unpaired) electrons. The fraction of sp³-hybridized carbons (Fsp3) is 0.294. The molecule has 0 bridgehead atoms. The Hall–Kier alpha value is -2.20. The van der Waals surface area contributed by atoms with Gasteiger partial charge in [-0.15, -0.1) is 0 Å². The van der Waals surface area contributed by atoms with Gasteiger partial charge in [0.2, 0.25) is 0 Å². The second-order valence-corrected chi connectivity index (χ2v) is 4.78. The van der Waals surface area contributed by atoms with Crippen LogP contribution >= 0.6 is 0 Å². The lowest BCUT2D eigenvalue weighted by Gasteiger charge is -2.19. The van der Waals surface area contributed by atoms with E-state index in [1.807, 2.05) is 43.3 Å². The van der Waals surface area contributed by atoms with E-state index in [0.717, 1.165) is 12.2 Å². The average molecular weight is 284 g/mol. The Morgan fingerprint density at radius 1 is 1.24 bits per heavy atom. The van der Waals surface area contributed by atoms with E-state index in [-0.39, 0.29) is 5.78 Å². The van der Waals surface area contributed by atoms with Crippen molar-refractivity contribution in [3.8, 4) is 5.75 Å². The topological polar surface area (TPSA) is 42.4 Å². The Bertz CT molecular complexity index is 584. The van der Waals surface area contributed by atoms with Crippen LogP contribution in [0.15, 0.2) is 48.7 Å². The first kappa shape index (κ1) is 15.2. The van der Waals surface area contributed by atoms with Crippen LogP contribution in [-0.4, -0.2) is 35.9 Å². The molecule has 2 aromatic rings. The summed E-state index contributed by atoms with van der Waals surface area (Å²) >= 11 is 0. The summed E-state index contributed by atoms with van der Waals surface area (Å²) in [6.07, 6.45) is 1.77. The predicted molar refractivity (Wildman–Crippen MR) is 82.5 cm³/mol. The van der Waals surface area contributed by atoms with E-state index in [1.54, 1.807) is 19.4 Å². The van der Waals surface area contributed by atoms with Gasteiger partial charge < -0.3 is 4.74 Å². The third-order valence-electron chi connectivity index (χ3n) is 3.32. The summed E-state index contributed by atoms with van der Waals surface area (Å²) in [7, 11) is 1.60. The molecule has 0 spiro atoms. The predicted octanol–water partition coefficient (Wildman–Crippen LogP) is 2.80. The molecule has 0 aliphatic carbocycles. The van der Waals surface area contributed by atoms with E-state index in [0.29, 0.717) is 24.4 Å². The van der Waals surface area contributed by atoms with Gasteiger partial charge >= 0.3 is 0 Å². The van der Waals surface area contributed by atoms with Crippen molar-refractivity contribution >= 4 is 5.78 Å². The first-order valence-corrected chi connectivity index (χ1v) is 7.02. The maximum Gasteiger partial charge on any atom is 0.176 e. The van der Waals surface area contributed by atoms with Crippen LogP contribution in [0.5, 0.6) is 5.75 Å². The lowest BCUT2D eigenvalue weighted by atomic mass is 10.1. The number of likely N-dealkylation sites (N-methyl/N-ethyl adjacent to an activating group) is 1. The number of aromatic nitrogens is 1. The molecule has 0 fully saturated rings. The lowest BCUT2D eigenvalue weighted by molar-refractivity contribution is 0.0928. The fourth-order valence-corrected chi connectivity index (χ4v) is 2.09. The number of carbonyl (C=O) groups is 1. The van der Waals surface area contributed by atoms with Crippen molar-refractivity contribution in [2.24, 2.45) is 0 Å². The second kappa shape index (κ2) is 7.55. The Morgan fingerprint density at radius 3 is 2.76 bits per heavy atom. The molecule has 0 amide bonds. The zero-order valence-corrected chi connectivity index (χ0v) is 12.5. The molecule has 110 valence electrons. The van der Waals surface area contributed by atoms with Crippen LogP contribution in [0.2, 0.25) is 0 Å². The van der Waals surface area contributed by atoms with Crippen LogP contribution < -0.4 is 4.74 Å². The highest BCUT2D eigenvalue weighted by Gasteiger charge is 2.12. The summed E-state index contributed by atoms with van der Waals surface area (Å²) in [6, 6.07) is 13.1. The summed E-state index contributed by atoms with van der Waals surface area (Å²) < 4.78 is 5.16. The molecule has 4 nitrogen and oxygen atoms in total. The minimum absolute atomic E-state index is 0.0895. The van der Waals surface area contributed by atoms with E-state index in [4.69, 9.17) is 4.74 Å². The number of hydrogen-bond donors (Lipinski definition) is 0. The van der Waals surface area contributed by atoms with Crippen molar-refractivity contribution in [2.45, 2.75) is 13.5 Å². The minimum atomic E-state index is 0.0895. The van der Waals surface area contributed by atoms with E-state index in [1.165, 1.54) is 0 Å². The van der Waals surface area contributed by atoms with Gasteiger partial charge in [-0.2, -0.15) is 0 Å². The Kier molecular flexibility index (Phi) is 5.46. The summed E-state index contributed by atoms with van der Waals surface area (Å²) in [4.78, 5) is 18.7. The Balaban J connectivity index is 2.02. The number of rotatable bonds is 7. The first-order chi connectivity index (χ1) is 10.2. The number of Topliss-reactive ketones (excluding diaryl/α,β-unsaturated/α-hetero) is 1. The van der Waals surface area contributed by atoms with Gasteiger partial charge in [0.25, 0.3) is 0 Å². The van der Waals surface area contributed by atoms with E-state index in [2.05, 4.69) is 9.88 Å². The monoisotopic (exact) mass is 284 g/mol. The summed E-state index contributed by atoms with van der Waals surface area (Å²) in [6.45, 7) is 3.89. The normalized spacial score (nSPS) is 10.6. The van der Waals surface area contributed by atoms with Gasteiger partial charge in [0.1, 0.15) is 5.75 Å². The average Bonchev–Trinajstić information content (AvgIpc) is 2.55. The second-order valence-electron chi connectivity index (χ2n) is 4.78. The van der Waals surface area contributed by atoms with Gasteiger partial charge in [-0.05, 0) is 30.8 Å². The van der Waals surface area contributed by atoms with Crippen molar-refractivity contribution < 1.29 is 9.53 Å². The SMILES string of the molecule is CCN(CC(=O)c1cccc(OC)c1)Cc1ccccn1. The third kappa shape index (κ3) is 4.39. The van der Waals surface area contributed by atoms with Crippen LogP contribution in [0.4, 0.5) is 0 Å². The Labute approximate surface area is 125 Å². The molecule has 0 aliphatic rings. The van der Waals surface area contributed by atoms with Gasteiger partial charge in [-0.25, -0.2) is 0 Å². The van der Waals surface area contributed by atoms with Crippen LogP contribution in [0, 0.1) is 0 Å². The zero-order valence-electron chi connectivity index (χ0n) is 12.5. The Morgan fingerprint density at radius 2 is 2.10 bits per heavy atom. The highest BCUT2D eigenvalue weighted by atomic mass is 16.5. The van der Waals surface area contributed by atoms with Crippen molar-refractivity contribution in [1.29, 1.82) is 0 Å². The summed E-state index contributed by atoms with van der Waals surface area (Å²) in [5.74, 6) is 0.792. The molecular formula is C17H20N2O2. The number of methoxy groups -OCH3 is 1. The van der Waals surface area contributed by atoms with Crippen molar-refractivity contribution in [3.05, 3.63) is 59.9 Å². The zero-order chi connectivity index (χ0) is 15.1. The molecule has 0 unspecified atom stereocenters. The van der Waals surface area contributed by atoms with E-state index >= 15 is 0 Å². The largest absolute Gasteiger partial charge is 0.497 e. The van der Waals surface area contributed by atoms with E-state index < -0.39 is 0 Å². The third-order valence-corrected chi connectivity index (χ3v) is 3.32. The van der Waals surface area contributed by atoms with Crippen molar-refractivity contribution in [1.82, 2.24) is 9.88 Å². The molecular weight excluding hydrogens is 264 g/mol. The van der Waals surface area contributed by atoms with E-state index in [9.17, 15) is 4.79 Å². The number of ketones is 1. The summed E-state index contributed by atoms with van der Waals surface area (Å²) in [5, 5.41) is 0. The quantitative estimate of drug-likeness (QED) is 0.733. The number of benzene rings is 1. The molecule has 21 heavy (non-hydrogen) atoms. The number of pyridine rings is 1. The highest BCUT2D eigenvalue weighted by Crippen LogP contribution is 2.13.